The second-order valence-corrected chi connectivity index (χ2v) is 6.54. The van der Waals surface area contributed by atoms with Gasteiger partial charge in [0.05, 0.1) is 0 Å². The lowest BCUT2D eigenvalue weighted by Crippen LogP contribution is -2.45. The van der Waals surface area contributed by atoms with Crippen LogP contribution in [0.3, 0.4) is 0 Å². The van der Waals surface area contributed by atoms with Crippen LogP contribution in [0.25, 0.3) is 0 Å². The molecular formula is C20H20FN3O3. The maximum atomic E-state index is 13.6. The molecule has 3 rings (SSSR count). The van der Waals surface area contributed by atoms with E-state index in [2.05, 4.69) is 10.6 Å². The average Bonchev–Trinajstić information content (AvgIpc) is 2.92. The Morgan fingerprint density at radius 2 is 1.74 bits per heavy atom. The lowest BCUT2D eigenvalue weighted by Gasteiger charge is -2.22. The van der Waals surface area contributed by atoms with Crippen LogP contribution < -0.4 is 15.5 Å². The second-order valence-electron chi connectivity index (χ2n) is 6.54. The van der Waals surface area contributed by atoms with Gasteiger partial charge in [-0.2, -0.15) is 0 Å². The van der Waals surface area contributed by atoms with Crippen molar-refractivity contribution in [3.63, 3.8) is 0 Å². The zero-order valence-electron chi connectivity index (χ0n) is 15.0. The highest BCUT2D eigenvalue weighted by Gasteiger charge is 2.39. The Kier molecular flexibility index (Phi) is 5.21. The van der Waals surface area contributed by atoms with Crippen LogP contribution >= 0.6 is 0 Å². The van der Waals surface area contributed by atoms with Crippen molar-refractivity contribution in [2.45, 2.75) is 32.5 Å². The van der Waals surface area contributed by atoms with Gasteiger partial charge in [0.2, 0.25) is 0 Å². The van der Waals surface area contributed by atoms with Crippen LogP contribution in [0.15, 0.2) is 48.5 Å². The van der Waals surface area contributed by atoms with E-state index in [0.717, 1.165) is 5.69 Å². The number of benzene rings is 2. The Bertz CT molecular complexity index is 898. The van der Waals surface area contributed by atoms with Crippen LogP contribution in [0.2, 0.25) is 0 Å². The van der Waals surface area contributed by atoms with Gasteiger partial charge in [0.1, 0.15) is 11.9 Å². The minimum atomic E-state index is -0.940. The predicted octanol–water partition coefficient (Wildman–Crippen LogP) is 2.05. The van der Waals surface area contributed by atoms with E-state index in [1.165, 1.54) is 18.2 Å². The van der Waals surface area contributed by atoms with E-state index < -0.39 is 23.7 Å². The molecule has 1 atom stereocenters. The Morgan fingerprint density at radius 1 is 1.07 bits per heavy atom. The van der Waals surface area contributed by atoms with Crippen molar-refractivity contribution in [2.24, 2.45) is 0 Å². The van der Waals surface area contributed by atoms with Crippen molar-refractivity contribution < 1.29 is 18.8 Å². The number of fused-ring (bicyclic) bond motifs is 1. The molecule has 0 saturated heterocycles. The molecule has 2 N–H and O–H groups in total. The van der Waals surface area contributed by atoms with E-state index in [1.807, 2.05) is 19.9 Å². The first-order valence-corrected chi connectivity index (χ1v) is 8.64. The summed E-state index contributed by atoms with van der Waals surface area (Å²) < 4.78 is 13.6. The quantitative estimate of drug-likeness (QED) is 0.810. The second kappa shape index (κ2) is 7.57. The minimum Gasteiger partial charge on any atom is -0.344 e. The molecule has 1 aliphatic rings. The third-order valence-electron chi connectivity index (χ3n) is 4.39. The summed E-state index contributed by atoms with van der Waals surface area (Å²) in [6.07, 6.45) is 0. The fourth-order valence-electron chi connectivity index (χ4n) is 3.11. The molecule has 3 amide bonds. The van der Waals surface area contributed by atoms with Gasteiger partial charge in [-0.15, -0.1) is 0 Å². The predicted molar refractivity (Wildman–Crippen MR) is 98.2 cm³/mol. The van der Waals surface area contributed by atoms with Crippen molar-refractivity contribution in [1.29, 1.82) is 0 Å². The minimum absolute atomic E-state index is 0.0876. The lowest BCUT2D eigenvalue weighted by molar-refractivity contribution is -0.140. The standard InChI is InChI=1S/C20H20FN3O3/c1-12(2)24-16-10-6-4-8-14(16)17(20(24)27)23-19(26)18(25)22-11-13-7-3-5-9-15(13)21/h3-10,12,17H,11H2,1-2H3,(H,22,25)(H,23,26). The van der Waals surface area contributed by atoms with Crippen LogP contribution in [0, 0.1) is 5.82 Å². The summed E-state index contributed by atoms with van der Waals surface area (Å²) in [6, 6.07) is 12.1. The molecule has 0 spiro atoms. The van der Waals surface area contributed by atoms with Gasteiger partial charge in [-0.1, -0.05) is 36.4 Å². The number of halogens is 1. The van der Waals surface area contributed by atoms with Gasteiger partial charge in [-0.05, 0) is 26.0 Å². The van der Waals surface area contributed by atoms with Crippen LogP contribution in [0.1, 0.15) is 31.0 Å². The number of amides is 3. The Balaban J connectivity index is 1.69. The smallest absolute Gasteiger partial charge is 0.310 e. The van der Waals surface area contributed by atoms with Gasteiger partial charge in [-0.3, -0.25) is 14.4 Å². The van der Waals surface area contributed by atoms with Gasteiger partial charge < -0.3 is 15.5 Å². The number of anilines is 1. The van der Waals surface area contributed by atoms with Crippen LogP contribution in [0.4, 0.5) is 10.1 Å². The Hall–Kier alpha value is -3.22. The number of hydrogen-bond acceptors (Lipinski definition) is 3. The molecule has 27 heavy (non-hydrogen) atoms. The van der Waals surface area contributed by atoms with E-state index in [0.29, 0.717) is 5.56 Å². The zero-order chi connectivity index (χ0) is 19.6. The van der Waals surface area contributed by atoms with Crippen LogP contribution in [-0.2, 0) is 20.9 Å². The van der Waals surface area contributed by atoms with E-state index in [-0.39, 0.29) is 24.1 Å². The maximum Gasteiger partial charge on any atom is 0.310 e. The number of nitrogens with zero attached hydrogens (tertiary/aromatic N) is 1. The van der Waals surface area contributed by atoms with E-state index in [1.54, 1.807) is 29.2 Å². The van der Waals surface area contributed by atoms with Gasteiger partial charge in [0.15, 0.2) is 0 Å². The summed E-state index contributed by atoms with van der Waals surface area (Å²) in [6.45, 7) is 3.63. The molecule has 140 valence electrons. The molecule has 0 saturated carbocycles. The molecule has 0 aromatic heterocycles. The van der Waals surface area contributed by atoms with Crippen molar-refractivity contribution in [1.82, 2.24) is 10.6 Å². The highest BCUT2D eigenvalue weighted by molar-refractivity contribution is 6.35. The number of nitrogens with one attached hydrogen (secondary N) is 2. The molecule has 1 heterocycles. The third-order valence-corrected chi connectivity index (χ3v) is 4.39. The molecular weight excluding hydrogens is 349 g/mol. The number of carbonyl (C=O) groups is 3. The molecule has 0 radical (unpaired) electrons. The molecule has 0 aliphatic carbocycles. The largest absolute Gasteiger partial charge is 0.344 e. The topological polar surface area (TPSA) is 78.5 Å². The molecule has 0 bridgehead atoms. The normalized spacial score (nSPS) is 15.6. The molecule has 1 aliphatic heterocycles. The zero-order valence-corrected chi connectivity index (χ0v) is 15.0. The molecule has 2 aromatic rings. The van der Waals surface area contributed by atoms with E-state index >= 15 is 0 Å². The van der Waals surface area contributed by atoms with Gasteiger partial charge in [0.25, 0.3) is 5.91 Å². The van der Waals surface area contributed by atoms with Crippen LogP contribution in [-0.4, -0.2) is 23.8 Å². The number of hydrogen-bond donors (Lipinski definition) is 2. The molecule has 6 nitrogen and oxygen atoms in total. The van der Waals surface area contributed by atoms with Crippen molar-refractivity contribution in [2.75, 3.05) is 4.90 Å². The summed E-state index contributed by atoms with van der Waals surface area (Å²) >= 11 is 0. The van der Waals surface area contributed by atoms with Gasteiger partial charge in [-0.25, -0.2) is 4.39 Å². The van der Waals surface area contributed by atoms with E-state index in [9.17, 15) is 18.8 Å². The van der Waals surface area contributed by atoms with Crippen molar-refractivity contribution in [3.8, 4) is 0 Å². The van der Waals surface area contributed by atoms with Crippen molar-refractivity contribution in [3.05, 3.63) is 65.5 Å². The van der Waals surface area contributed by atoms with Crippen LogP contribution in [0.5, 0.6) is 0 Å². The fraction of sp³-hybridized carbons (Fsp3) is 0.250. The number of rotatable bonds is 4. The Labute approximate surface area is 156 Å². The maximum absolute atomic E-state index is 13.6. The summed E-state index contributed by atoms with van der Waals surface area (Å²) in [5, 5.41) is 4.85. The monoisotopic (exact) mass is 369 g/mol. The first-order valence-electron chi connectivity index (χ1n) is 8.64. The summed E-state index contributed by atoms with van der Waals surface area (Å²) in [5.74, 6) is -2.62. The number of carbonyl (C=O) groups excluding carboxylic acids is 3. The summed E-state index contributed by atoms with van der Waals surface area (Å²) in [7, 11) is 0. The fourth-order valence-corrected chi connectivity index (χ4v) is 3.11. The number of para-hydroxylation sites is 1. The summed E-state index contributed by atoms with van der Waals surface area (Å²) in [5.41, 5.74) is 1.63. The summed E-state index contributed by atoms with van der Waals surface area (Å²) in [4.78, 5) is 38.6. The third kappa shape index (κ3) is 3.67. The highest BCUT2D eigenvalue weighted by Crippen LogP contribution is 2.36. The Morgan fingerprint density at radius 3 is 2.44 bits per heavy atom. The first kappa shape index (κ1) is 18.6. The van der Waals surface area contributed by atoms with Gasteiger partial charge >= 0.3 is 11.8 Å². The first-order chi connectivity index (χ1) is 12.9. The molecule has 2 aromatic carbocycles. The van der Waals surface area contributed by atoms with E-state index in [4.69, 9.17) is 0 Å². The van der Waals surface area contributed by atoms with Crippen molar-refractivity contribution >= 4 is 23.4 Å². The molecule has 7 heteroatoms. The van der Waals surface area contributed by atoms with Gasteiger partial charge in [0, 0.05) is 29.4 Å². The lowest BCUT2D eigenvalue weighted by atomic mass is 10.1. The molecule has 1 unspecified atom stereocenters. The molecule has 0 fully saturated rings. The SMILES string of the molecule is CC(C)N1C(=O)C(NC(=O)C(=O)NCc2ccccc2F)c2ccccc21. The highest BCUT2D eigenvalue weighted by atomic mass is 19.1. The average molecular weight is 369 g/mol.